The Hall–Kier alpha value is -1.37. The highest BCUT2D eigenvalue weighted by Gasteiger charge is 1.97. The second-order valence-corrected chi connectivity index (χ2v) is 2.66. The number of aryl methyl sites for hydroxylation is 1. The van der Waals surface area contributed by atoms with Crippen LogP contribution in [0.1, 0.15) is 23.6 Å². The van der Waals surface area contributed by atoms with Gasteiger partial charge in [0.2, 0.25) is 0 Å². The van der Waals surface area contributed by atoms with E-state index in [2.05, 4.69) is 11.6 Å². The Balaban J connectivity index is 3.27. The van der Waals surface area contributed by atoms with Crippen molar-refractivity contribution < 1.29 is 0 Å². The van der Waals surface area contributed by atoms with Crippen LogP contribution in [0.4, 0.5) is 0 Å². The molecule has 1 aromatic rings. The van der Waals surface area contributed by atoms with E-state index in [9.17, 15) is 0 Å². The van der Waals surface area contributed by atoms with E-state index in [1.54, 1.807) is 0 Å². The Morgan fingerprint density at radius 3 is 2.75 bits per heavy atom. The molecule has 0 saturated carbocycles. The topological polar surface area (TPSA) is 12.9 Å². The maximum absolute atomic E-state index is 4.11. The Kier molecular flexibility index (Phi) is 2.81. The Labute approximate surface area is 73.5 Å². The lowest BCUT2D eigenvalue weighted by molar-refractivity contribution is 1.25. The van der Waals surface area contributed by atoms with Gasteiger partial charge in [0.25, 0.3) is 0 Å². The van der Waals surface area contributed by atoms with Gasteiger partial charge in [0.1, 0.15) is 0 Å². The minimum absolute atomic E-state index is 1.13. The Morgan fingerprint density at radius 1 is 1.42 bits per heavy atom. The van der Waals surface area contributed by atoms with E-state index in [1.165, 1.54) is 11.1 Å². The van der Waals surface area contributed by atoms with Crippen molar-refractivity contribution in [3.63, 3.8) is 0 Å². The molecule has 0 aliphatic heterocycles. The average molecular weight is 159 g/mol. The molecule has 0 atom stereocenters. The van der Waals surface area contributed by atoms with E-state index in [-0.39, 0.29) is 0 Å². The first kappa shape index (κ1) is 8.72. The molecule has 0 fully saturated rings. The summed E-state index contributed by atoms with van der Waals surface area (Å²) in [6.45, 7) is 7.81. The molecule has 0 aromatic carbocycles. The summed E-state index contributed by atoms with van der Waals surface area (Å²) in [4.78, 5) is 4.11. The van der Waals surface area contributed by atoms with Crippen molar-refractivity contribution in [1.29, 1.82) is 0 Å². The summed E-state index contributed by atoms with van der Waals surface area (Å²) in [5.74, 6) is 0. The first-order chi connectivity index (χ1) is 5.79. The smallest absolute Gasteiger partial charge is 0.0346 e. The first-order valence-corrected chi connectivity index (χ1v) is 3.99. The minimum Gasteiger partial charge on any atom is -0.264 e. The van der Waals surface area contributed by atoms with Crippen molar-refractivity contribution >= 4 is 12.2 Å². The van der Waals surface area contributed by atoms with Crippen LogP contribution in [0.5, 0.6) is 0 Å². The highest BCUT2D eigenvalue weighted by Crippen LogP contribution is 2.14. The van der Waals surface area contributed by atoms with Gasteiger partial charge in [-0.1, -0.05) is 24.8 Å². The van der Waals surface area contributed by atoms with Crippen molar-refractivity contribution in [2.24, 2.45) is 0 Å². The van der Waals surface area contributed by atoms with Crippen molar-refractivity contribution in [2.45, 2.75) is 13.8 Å². The molecule has 0 saturated heterocycles. The quantitative estimate of drug-likeness (QED) is 0.646. The normalized spacial score (nSPS) is 10.5. The second-order valence-electron chi connectivity index (χ2n) is 2.66. The van der Waals surface area contributed by atoms with Crippen LogP contribution in [0.2, 0.25) is 0 Å². The van der Waals surface area contributed by atoms with E-state index in [1.807, 2.05) is 44.5 Å². The molecule has 1 heterocycles. The number of nitrogens with zero attached hydrogens (tertiary/aromatic N) is 1. The molecule has 0 N–H and O–H groups in total. The summed E-state index contributed by atoms with van der Waals surface area (Å²) < 4.78 is 0. The van der Waals surface area contributed by atoms with Crippen molar-refractivity contribution in [2.75, 3.05) is 0 Å². The van der Waals surface area contributed by atoms with Crippen molar-refractivity contribution in [1.82, 2.24) is 4.98 Å². The number of hydrogen-bond acceptors (Lipinski definition) is 1. The number of rotatable bonds is 2. The van der Waals surface area contributed by atoms with Crippen LogP contribution in [0.3, 0.4) is 0 Å². The van der Waals surface area contributed by atoms with Gasteiger partial charge in [-0.15, -0.1) is 0 Å². The Morgan fingerprint density at radius 2 is 2.17 bits per heavy atom. The van der Waals surface area contributed by atoms with E-state index >= 15 is 0 Å². The van der Waals surface area contributed by atoms with E-state index in [4.69, 9.17) is 0 Å². The van der Waals surface area contributed by atoms with Gasteiger partial charge in [0, 0.05) is 12.4 Å². The van der Waals surface area contributed by atoms with Gasteiger partial charge in [-0.25, -0.2) is 0 Å². The first-order valence-electron chi connectivity index (χ1n) is 3.99. The Bertz CT molecular complexity index is 311. The monoisotopic (exact) mass is 159 g/mol. The molecule has 1 aromatic heterocycles. The lowest BCUT2D eigenvalue weighted by Gasteiger charge is -2.02. The number of pyridine rings is 1. The zero-order valence-corrected chi connectivity index (χ0v) is 7.54. The molecule has 0 aliphatic rings. The van der Waals surface area contributed by atoms with Crippen LogP contribution in [0.25, 0.3) is 12.2 Å². The van der Waals surface area contributed by atoms with E-state index in [0.717, 1.165) is 5.56 Å². The van der Waals surface area contributed by atoms with Gasteiger partial charge in [0.15, 0.2) is 0 Å². The summed E-state index contributed by atoms with van der Waals surface area (Å²) in [5, 5.41) is 0. The maximum atomic E-state index is 4.11. The third-order valence-corrected chi connectivity index (χ3v) is 1.77. The standard InChI is InChI=1S/C11H13N/c1-4-6-10-8-12-7-9(3)11(10)5-2/h4-8H,2H2,1,3H3/b6-4-. The highest BCUT2D eigenvalue weighted by molar-refractivity contribution is 5.65. The fraction of sp³-hybridized carbons (Fsp3) is 0.182. The third-order valence-electron chi connectivity index (χ3n) is 1.77. The van der Waals surface area contributed by atoms with Gasteiger partial charge in [-0.05, 0) is 30.5 Å². The molecule has 0 aliphatic carbocycles. The van der Waals surface area contributed by atoms with Gasteiger partial charge in [-0.2, -0.15) is 0 Å². The zero-order chi connectivity index (χ0) is 8.97. The summed E-state index contributed by atoms with van der Waals surface area (Å²) in [7, 11) is 0. The molecular weight excluding hydrogens is 146 g/mol. The predicted molar refractivity (Wildman–Crippen MR) is 53.8 cm³/mol. The van der Waals surface area contributed by atoms with Crippen LogP contribution < -0.4 is 0 Å². The van der Waals surface area contributed by atoms with Crippen LogP contribution in [0.15, 0.2) is 25.0 Å². The molecule has 0 spiro atoms. The molecule has 1 nitrogen and oxygen atoms in total. The molecule has 0 unspecified atom stereocenters. The number of hydrogen-bond donors (Lipinski definition) is 0. The number of allylic oxidation sites excluding steroid dienone is 1. The molecule has 0 bridgehead atoms. The molecular formula is C11H13N. The second kappa shape index (κ2) is 3.86. The predicted octanol–water partition coefficient (Wildman–Crippen LogP) is 3.07. The van der Waals surface area contributed by atoms with Crippen molar-refractivity contribution in [3.8, 4) is 0 Å². The molecule has 12 heavy (non-hydrogen) atoms. The summed E-state index contributed by atoms with van der Waals surface area (Å²) in [6.07, 6.45) is 9.61. The van der Waals surface area contributed by atoms with Gasteiger partial charge in [-0.3, -0.25) is 4.98 Å². The molecule has 1 rings (SSSR count). The maximum Gasteiger partial charge on any atom is 0.0346 e. The fourth-order valence-corrected chi connectivity index (χ4v) is 1.19. The minimum atomic E-state index is 1.13. The number of aromatic nitrogens is 1. The van der Waals surface area contributed by atoms with Crippen LogP contribution in [-0.2, 0) is 0 Å². The van der Waals surface area contributed by atoms with Crippen LogP contribution >= 0.6 is 0 Å². The van der Waals surface area contributed by atoms with Crippen molar-refractivity contribution in [3.05, 3.63) is 41.7 Å². The SMILES string of the molecule is C=Cc1c(C)cncc1/C=C\C. The lowest BCUT2D eigenvalue weighted by atomic mass is 10.1. The molecule has 0 amide bonds. The molecule has 62 valence electrons. The molecule has 0 radical (unpaired) electrons. The average Bonchev–Trinajstić information content (AvgIpc) is 2.05. The van der Waals surface area contributed by atoms with Gasteiger partial charge < -0.3 is 0 Å². The summed E-state index contributed by atoms with van der Waals surface area (Å²) >= 11 is 0. The molecule has 1 heteroatoms. The lowest BCUT2D eigenvalue weighted by Crippen LogP contribution is -1.87. The van der Waals surface area contributed by atoms with Crippen LogP contribution in [-0.4, -0.2) is 4.98 Å². The van der Waals surface area contributed by atoms with E-state index in [0.29, 0.717) is 0 Å². The van der Waals surface area contributed by atoms with E-state index < -0.39 is 0 Å². The van der Waals surface area contributed by atoms with Gasteiger partial charge in [0.05, 0.1) is 0 Å². The highest BCUT2D eigenvalue weighted by atomic mass is 14.6. The van der Waals surface area contributed by atoms with Crippen LogP contribution in [0, 0.1) is 6.92 Å². The summed E-state index contributed by atoms with van der Waals surface area (Å²) in [6, 6.07) is 0. The fourth-order valence-electron chi connectivity index (χ4n) is 1.19. The van der Waals surface area contributed by atoms with Gasteiger partial charge >= 0.3 is 0 Å². The summed E-state index contributed by atoms with van der Waals surface area (Å²) in [5.41, 5.74) is 3.47. The zero-order valence-electron chi connectivity index (χ0n) is 7.54. The third kappa shape index (κ3) is 1.62. The largest absolute Gasteiger partial charge is 0.264 e.